The molecule has 0 aliphatic heterocycles. The van der Waals surface area contributed by atoms with Gasteiger partial charge in [0.2, 0.25) is 0 Å². The molecule has 0 amide bonds. The maximum Gasteiger partial charge on any atom is 0.0616 e. The second-order valence-electron chi connectivity index (χ2n) is 2.62. The van der Waals surface area contributed by atoms with Crippen molar-refractivity contribution in [3.05, 3.63) is 0 Å². The van der Waals surface area contributed by atoms with Crippen molar-refractivity contribution >= 4 is 0 Å². The van der Waals surface area contributed by atoms with Gasteiger partial charge in [-0.15, -0.1) is 0 Å². The lowest BCUT2D eigenvalue weighted by Crippen LogP contribution is -2.33. The fourth-order valence-electron chi connectivity index (χ4n) is 0.838. The van der Waals surface area contributed by atoms with Crippen molar-refractivity contribution < 1.29 is 15.1 Å². The molecule has 0 aromatic rings. The van der Waals surface area contributed by atoms with Crippen molar-refractivity contribution in [2.45, 2.75) is 6.92 Å². The SMILES string of the molecule is CCOCCN(O)CCNCCO. The molecule has 0 aromatic carbocycles. The predicted molar refractivity (Wildman–Crippen MR) is 49.8 cm³/mol. The van der Waals surface area contributed by atoms with Gasteiger partial charge < -0.3 is 20.4 Å². The summed E-state index contributed by atoms with van der Waals surface area (Å²) in [5, 5.41) is 21.8. The molecule has 0 saturated carbocycles. The van der Waals surface area contributed by atoms with Gasteiger partial charge in [0.1, 0.15) is 0 Å². The molecule has 0 spiro atoms. The largest absolute Gasteiger partial charge is 0.395 e. The lowest BCUT2D eigenvalue weighted by atomic mass is 10.5. The molecule has 3 N–H and O–H groups in total. The number of hydrogen-bond acceptors (Lipinski definition) is 5. The van der Waals surface area contributed by atoms with Crippen LogP contribution in [0.1, 0.15) is 6.92 Å². The van der Waals surface area contributed by atoms with Crippen molar-refractivity contribution in [3.63, 3.8) is 0 Å². The summed E-state index contributed by atoms with van der Waals surface area (Å²) in [5.74, 6) is 0. The first kappa shape index (κ1) is 12.8. The minimum atomic E-state index is 0.129. The molecule has 0 bridgehead atoms. The minimum absolute atomic E-state index is 0.129. The highest BCUT2D eigenvalue weighted by molar-refractivity contribution is 4.49. The maximum atomic E-state index is 9.23. The molecular formula is C8H20N2O3. The molecule has 0 aromatic heterocycles. The van der Waals surface area contributed by atoms with Crippen molar-refractivity contribution in [3.8, 4) is 0 Å². The molecule has 0 aliphatic carbocycles. The number of nitrogens with one attached hydrogen (secondary N) is 1. The van der Waals surface area contributed by atoms with E-state index in [0.717, 1.165) is 0 Å². The van der Waals surface area contributed by atoms with E-state index >= 15 is 0 Å². The van der Waals surface area contributed by atoms with Crippen LogP contribution in [-0.4, -0.2) is 61.4 Å². The van der Waals surface area contributed by atoms with Gasteiger partial charge in [0.05, 0.1) is 13.2 Å². The van der Waals surface area contributed by atoms with Crippen LogP contribution < -0.4 is 5.32 Å². The fourth-order valence-corrected chi connectivity index (χ4v) is 0.838. The molecule has 0 unspecified atom stereocenters. The van der Waals surface area contributed by atoms with E-state index < -0.39 is 0 Å². The van der Waals surface area contributed by atoms with Crippen LogP contribution in [0.15, 0.2) is 0 Å². The molecule has 80 valence electrons. The van der Waals surface area contributed by atoms with E-state index in [1.807, 2.05) is 6.92 Å². The zero-order chi connectivity index (χ0) is 9.94. The van der Waals surface area contributed by atoms with E-state index in [4.69, 9.17) is 9.84 Å². The number of aliphatic hydroxyl groups is 1. The van der Waals surface area contributed by atoms with E-state index in [-0.39, 0.29) is 6.61 Å². The van der Waals surface area contributed by atoms with Gasteiger partial charge in [-0.05, 0) is 6.92 Å². The van der Waals surface area contributed by atoms with Crippen molar-refractivity contribution in [2.75, 3.05) is 46.0 Å². The molecule has 0 heterocycles. The van der Waals surface area contributed by atoms with Gasteiger partial charge in [-0.2, -0.15) is 5.06 Å². The average Bonchev–Trinajstić information content (AvgIpc) is 2.13. The van der Waals surface area contributed by atoms with Crippen LogP contribution in [0, 0.1) is 0 Å². The van der Waals surface area contributed by atoms with Crippen LogP contribution in [0.5, 0.6) is 0 Å². The minimum Gasteiger partial charge on any atom is -0.395 e. The summed E-state index contributed by atoms with van der Waals surface area (Å²) in [4.78, 5) is 0. The fraction of sp³-hybridized carbons (Fsp3) is 1.00. The normalized spacial score (nSPS) is 11.1. The summed E-state index contributed by atoms with van der Waals surface area (Å²) >= 11 is 0. The van der Waals surface area contributed by atoms with E-state index in [1.165, 1.54) is 5.06 Å². The second kappa shape index (κ2) is 9.88. The smallest absolute Gasteiger partial charge is 0.0616 e. The third-order valence-corrected chi connectivity index (χ3v) is 1.53. The van der Waals surface area contributed by atoms with Crippen molar-refractivity contribution in [1.82, 2.24) is 10.4 Å². The molecule has 0 fully saturated rings. The van der Waals surface area contributed by atoms with E-state index in [1.54, 1.807) is 0 Å². The van der Waals surface area contributed by atoms with Crippen molar-refractivity contribution in [2.24, 2.45) is 0 Å². The van der Waals surface area contributed by atoms with Gasteiger partial charge in [0.25, 0.3) is 0 Å². The molecule has 5 heteroatoms. The van der Waals surface area contributed by atoms with Gasteiger partial charge in [-0.1, -0.05) is 0 Å². The highest BCUT2D eigenvalue weighted by atomic mass is 16.5. The van der Waals surface area contributed by atoms with Crippen LogP contribution in [0.25, 0.3) is 0 Å². The van der Waals surface area contributed by atoms with Crippen LogP contribution in [-0.2, 0) is 4.74 Å². The van der Waals surface area contributed by atoms with Gasteiger partial charge >= 0.3 is 0 Å². The number of rotatable bonds is 9. The summed E-state index contributed by atoms with van der Waals surface area (Å²) < 4.78 is 5.07. The summed E-state index contributed by atoms with van der Waals surface area (Å²) in [7, 11) is 0. The first-order valence-electron chi connectivity index (χ1n) is 4.64. The van der Waals surface area contributed by atoms with Gasteiger partial charge in [-0.25, -0.2) is 0 Å². The molecule has 5 nitrogen and oxygen atoms in total. The highest BCUT2D eigenvalue weighted by Crippen LogP contribution is 1.81. The molecule has 0 radical (unpaired) electrons. The standard InChI is InChI=1S/C8H20N2O3/c1-2-13-8-6-10(12)5-3-9-4-7-11/h9,11-12H,2-8H2,1H3. The Morgan fingerprint density at radius 2 is 2.08 bits per heavy atom. The summed E-state index contributed by atoms with van der Waals surface area (Å²) in [5.41, 5.74) is 0. The summed E-state index contributed by atoms with van der Waals surface area (Å²) in [6.07, 6.45) is 0. The second-order valence-corrected chi connectivity index (χ2v) is 2.62. The van der Waals surface area contributed by atoms with Crippen molar-refractivity contribution in [1.29, 1.82) is 0 Å². The Kier molecular flexibility index (Phi) is 9.73. The number of aliphatic hydroxyl groups excluding tert-OH is 1. The Morgan fingerprint density at radius 3 is 2.69 bits per heavy atom. The van der Waals surface area contributed by atoms with Crippen LogP contribution in [0.2, 0.25) is 0 Å². The van der Waals surface area contributed by atoms with Gasteiger partial charge in [-0.3, -0.25) is 0 Å². The van der Waals surface area contributed by atoms with Gasteiger partial charge in [0, 0.05) is 32.8 Å². The zero-order valence-electron chi connectivity index (χ0n) is 8.20. The number of nitrogens with zero attached hydrogens (tertiary/aromatic N) is 1. The first-order chi connectivity index (χ1) is 6.31. The lowest BCUT2D eigenvalue weighted by molar-refractivity contribution is -0.102. The summed E-state index contributed by atoms with van der Waals surface area (Å²) in [6.45, 7) is 5.59. The van der Waals surface area contributed by atoms with E-state index in [9.17, 15) is 5.21 Å². The Morgan fingerprint density at radius 1 is 1.31 bits per heavy atom. The number of hydroxylamine groups is 2. The lowest BCUT2D eigenvalue weighted by Gasteiger charge is -2.14. The molecule has 0 saturated heterocycles. The zero-order valence-corrected chi connectivity index (χ0v) is 8.20. The van der Waals surface area contributed by atoms with Gasteiger partial charge in [0.15, 0.2) is 0 Å². The highest BCUT2D eigenvalue weighted by Gasteiger charge is 1.98. The molecule has 0 rings (SSSR count). The molecular weight excluding hydrogens is 172 g/mol. The number of ether oxygens (including phenoxy) is 1. The number of hydrogen-bond donors (Lipinski definition) is 3. The Balaban J connectivity index is 3.05. The van der Waals surface area contributed by atoms with E-state index in [2.05, 4.69) is 5.32 Å². The Hall–Kier alpha value is -0.200. The quantitative estimate of drug-likeness (QED) is 0.333. The third kappa shape index (κ3) is 9.72. The van der Waals surface area contributed by atoms with Crippen LogP contribution in [0.4, 0.5) is 0 Å². The van der Waals surface area contributed by atoms with E-state index in [0.29, 0.717) is 39.4 Å². The van der Waals surface area contributed by atoms with Crippen LogP contribution in [0.3, 0.4) is 0 Å². The third-order valence-electron chi connectivity index (χ3n) is 1.53. The first-order valence-corrected chi connectivity index (χ1v) is 4.64. The molecule has 13 heavy (non-hydrogen) atoms. The summed E-state index contributed by atoms with van der Waals surface area (Å²) in [6, 6.07) is 0. The monoisotopic (exact) mass is 192 g/mol. The molecule has 0 atom stereocenters. The average molecular weight is 192 g/mol. The maximum absolute atomic E-state index is 9.23. The molecule has 0 aliphatic rings. The Bertz CT molecular complexity index is 103. The predicted octanol–water partition coefficient (Wildman–Crippen LogP) is -0.704. The Labute approximate surface area is 79.3 Å². The topological polar surface area (TPSA) is 65.0 Å². The van der Waals surface area contributed by atoms with Crippen LogP contribution >= 0.6 is 0 Å².